The van der Waals surface area contributed by atoms with Crippen LogP contribution in [-0.2, 0) is 26.5 Å². The van der Waals surface area contributed by atoms with E-state index in [9.17, 15) is 0 Å². The quantitative estimate of drug-likeness (QED) is 0.521. The van der Waals surface area contributed by atoms with Crippen molar-refractivity contribution in [3.8, 4) is 0 Å². The molecule has 0 aliphatic heterocycles. The van der Waals surface area contributed by atoms with E-state index in [0.717, 1.165) is 6.42 Å². The Morgan fingerprint density at radius 3 is 2.55 bits per heavy atom. The van der Waals surface area contributed by atoms with Crippen molar-refractivity contribution in [1.82, 2.24) is 0 Å². The van der Waals surface area contributed by atoms with Gasteiger partial charge in [-0.3, -0.25) is 6.08 Å². The van der Waals surface area contributed by atoms with Crippen molar-refractivity contribution in [3.63, 3.8) is 0 Å². The van der Waals surface area contributed by atoms with Crippen LogP contribution in [0.25, 0.3) is 0 Å². The maximum atomic E-state index is 4.87. The summed E-state index contributed by atoms with van der Waals surface area (Å²) in [6, 6.07) is 0. The fourth-order valence-electron chi connectivity index (χ4n) is 0.705. The topological polar surface area (TPSA) is 9.23 Å². The van der Waals surface area contributed by atoms with Crippen LogP contribution < -0.4 is 0 Å². The molecule has 1 nitrogen and oxygen atoms in total. The summed E-state index contributed by atoms with van der Waals surface area (Å²) < 4.78 is 4.87. The number of hydrogen-bond donors (Lipinski definition) is 0. The fraction of sp³-hybridized carbons (Fsp3) is 0.429. The number of halogens is 2. The predicted molar refractivity (Wildman–Crippen MR) is 46.9 cm³/mol. The summed E-state index contributed by atoms with van der Waals surface area (Å²) in [4.78, 5) is 0. The van der Waals surface area contributed by atoms with Gasteiger partial charge in [0.25, 0.3) is 0 Å². The molecule has 64 valence electrons. The van der Waals surface area contributed by atoms with Gasteiger partial charge in [-0.2, -0.15) is 11.6 Å². The van der Waals surface area contributed by atoms with Crippen molar-refractivity contribution in [3.05, 3.63) is 23.8 Å². The number of hydrogen-bond acceptors (Lipinski definition) is 1. The zero-order valence-corrected chi connectivity index (χ0v) is 9.49. The molecule has 0 saturated heterocycles. The Morgan fingerprint density at radius 2 is 2.18 bits per heavy atom. The van der Waals surface area contributed by atoms with Gasteiger partial charge >= 0.3 is 0 Å². The van der Waals surface area contributed by atoms with Crippen molar-refractivity contribution < 1.29 is 26.5 Å². The van der Waals surface area contributed by atoms with Gasteiger partial charge in [-0.1, -0.05) is 0 Å². The molecular weight excluding hydrogens is 219 g/mol. The summed E-state index contributed by atoms with van der Waals surface area (Å²) >= 11 is 0. The molecule has 0 spiro atoms. The van der Waals surface area contributed by atoms with E-state index in [4.69, 9.17) is 4.74 Å². The molecule has 4 heteroatoms. The van der Waals surface area contributed by atoms with E-state index in [1.807, 2.05) is 6.08 Å². The molecule has 0 radical (unpaired) electrons. The van der Waals surface area contributed by atoms with E-state index < -0.39 is 0 Å². The van der Waals surface area contributed by atoms with Crippen molar-refractivity contribution in [2.24, 2.45) is 0 Å². The molecule has 1 aliphatic rings. The van der Waals surface area contributed by atoms with Gasteiger partial charge in [-0.15, -0.1) is 31.2 Å². The maximum Gasteiger partial charge on any atom is 0.0381 e. The van der Waals surface area contributed by atoms with Crippen LogP contribution in [0.3, 0.4) is 0 Å². The van der Waals surface area contributed by atoms with Crippen LogP contribution in [-0.4, -0.2) is 13.7 Å². The van der Waals surface area contributed by atoms with E-state index >= 15 is 0 Å². The Balaban J connectivity index is -0.000000213. The average molecular weight is 230 g/mol. The van der Waals surface area contributed by atoms with Gasteiger partial charge in [0.15, 0.2) is 0 Å². The number of methoxy groups -OCH3 is 1. The molecule has 0 unspecified atom stereocenters. The fourth-order valence-corrected chi connectivity index (χ4v) is 0.705. The molecule has 0 bridgehead atoms. The van der Waals surface area contributed by atoms with Crippen molar-refractivity contribution in [2.75, 3.05) is 13.7 Å². The molecule has 0 aromatic heterocycles. The van der Waals surface area contributed by atoms with Crippen molar-refractivity contribution in [1.29, 1.82) is 0 Å². The summed E-state index contributed by atoms with van der Waals surface area (Å²) in [7, 11) is 1.70. The van der Waals surface area contributed by atoms with Crippen molar-refractivity contribution in [2.45, 2.75) is 6.42 Å². The monoisotopic (exact) mass is 229 g/mol. The molecule has 0 atom stereocenters. The molecule has 0 aromatic carbocycles. The molecular formula is C7H11Cl2OTi-. The molecule has 0 aromatic rings. The molecule has 1 aliphatic carbocycles. The van der Waals surface area contributed by atoms with Gasteiger partial charge in [-0.05, 0) is 0 Å². The molecule has 11 heavy (non-hydrogen) atoms. The number of ether oxygens (including phenoxy) is 1. The van der Waals surface area contributed by atoms with E-state index in [1.165, 1.54) is 5.57 Å². The van der Waals surface area contributed by atoms with Crippen LogP contribution in [0, 0.1) is 6.08 Å². The molecule has 0 amide bonds. The normalized spacial score (nSPS) is 12.3. The van der Waals surface area contributed by atoms with Gasteiger partial charge in [0.1, 0.15) is 0 Å². The van der Waals surface area contributed by atoms with Crippen LogP contribution >= 0.6 is 24.8 Å². The standard InChI is InChI=1S/C7H9O.2ClH.Ti/c1-8-6-7-4-2-3-5-7;;;/h2,4H,3,6H2,1H3;2*1H;/q-1;;;. The van der Waals surface area contributed by atoms with Gasteiger partial charge in [-0.25, -0.2) is 6.08 Å². The Hall–Kier alpha value is 0.734. The Morgan fingerprint density at radius 1 is 1.55 bits per heavy atom. The molecule has 1 rings (SSSR count). The largest absolute Gasteiger partial charge is 0.383 e. The second-order valence-electron chi connectivity index (χ2n) is 1.74. The summed E-state index contributed by atoms with van der Waals surface area (Å²) in [5, 5.41) is 0. The van der Waals surface area contributed by atoms with Crippen LogP contribution in [0.15, 0.2) is 17.7 Å². The van der Waals surface area contributed by atoms with Crippen LogP contribution in [0.2, 0.25) is 0 Å². The number of allylic oxidation sites excluding steroid dienone is 2. The third-order valence-electron chi connectivity index (χ3n) is 1.07. The maximum absolute atomic E-state index is 4.87. The predicted octanol–water partition coefficient (Wildman–Crippen LogP) is 2.16. The summed E-state index contributed by atoms with van der Waals surface area (Å²) in [5.74, 6) is 0. The van der Waals surface area contributed by atoms with E-state index in [1.54, 1.807) is 7.11 Å². The second kappa shape index (κ2) is 10.7. The summed E-state index contributed by atoms with van der Waals surface area (Å²) in [6.07, 6.45) is 8.22. The Labute approximate surface area is 95.0 Å². The second-order valence-corrected chi connectivity index (χ2v) is 1.74. The third kappa shape index (κ3) is 7.11. The minimum Gasteiger partial charge on any atom is -0.383 e. The van der Waals surface area contributed by atoms with Crippen LogP contribution in [0.1, 0.15) is 6.42 Å². The molecule has 0 heterocycles. The Kier molecular flexibility index (Phi) is 17.3. The molecule has 0 fully saturated rings. The van der Waals surface area contributed by atoms with Crippen LogP contribution in [0.4, 0.5) is 0 Å². The van der Waals surface area contributed by atoms with E-state index in [2.05, 4.69) is 12.2 Å². The first kappa shape index (κ1) is 17.7. The van der Waals surface area contributed by atoms with Gasteiger partial charge in [0.05, 0.1) is 0 Å². The number of rotatable bonds is 2. The van der Waals surface area contributed by atoms with Gasteiger partial charge < -0.3 is 4.74 Å². The van der Waals surface area contributed by atoms with Crippen molar-refractivity contribution >= 4 is 24.8 Å². The molecule has 0 N–H and O–H groups in total. The van der Waals surface area contributed by atoms with E-state index in [0.29, 0.717) is 6.61 Å². The van der Waals surface area contributed by atoms with Gasteiger partial charge in [0, 0.05) is 35.4 Å². The van der Waals surface area contributed by atoms with Gasteiger partial charge in [0.2, 0.25) is 0 Å². The zero-order valence-electron chi connectivity index (χ0n) is 6.29. The first-order valence-electron chi connectivity index (χ1n) is 2.68. The average Bonchev–Trinajstić information content (AvgIpc) is 2.19. The first-order chi connectivity index (χ1) is 3.93. The SMILES string of the molecule is COCC1=[C-]CC=C1.Cl.Cl.[Ti]. The van der Waals surface area contributed by atoms with E-state index in [-0.39, 0.29) is 46.5 Å². The Bertz CT molecular complexity index is 134. The first-order valence-corrected chi connectivity index (χ1v) is 2.68. The minimum absolute atomic E-state index is 0. The summed E-state index contributed by atoms with van der Waals surface area (Å²) in [6.45, 7) is 0.705. The molecule has 0 saturated carbocycles. The minimum atomic E-state index is 0. The zero-order chi connectivity index (χ0) is 5.82. The smallest absolute Gasteiger partial charge is 0.0381 e. The van der Waals surface area contributed by atoms with Crippen LogP contribution in [0.5, 0.6) is 0 Å². The summed E-state index contributed by atoms with van der Waals surface area (Å²) in [5.41, 5.74) is 1.17. The third-order valence-corrected chi connectivity index (χ3v) is 1.07.